The molecule has 0 spiro atoms. The third-order valence-electron chi connectivity index (χ3n) is 6.62. The van der Waals surface area contributed by atoms with Crippen LogP contribution in [-0.2, 0) is 9.59 Å². The Bertz CT molecular complexity index is 1360. The van der Waals surface area contributed by atoms with Crippen molar-refractivity contribution >= 4 is 28.7 Å². The monoisotopic (exact) mass is 502 g/mol. The molecule has 0 fully saturated rings. The molecule has 5 rings (SSSR count). The quantitative estimate of drug-likeness (QED) is 0.416. The summed E-state index contributed by atoms with van der Waals surface area (Å²) in [6, 6.07) is 17.4. The minimum atomic E-state index is -0.540. The van der Waals surface area contributed by atoms with Gasteiger partial charge in [-0.1, -0.05) is 24.3 Å². The molecule has 0 saturated heterocycles. The summed E-state index contributed by atoms with van der Waals surface area (Å²) in [5.74, 6) is -0.477. The minimum Gasteiger partial charge on any atom is -0.494 e. The fraction of sp³-hybridized carbons (Fsp3) is 0.241. The molecule has 1 amide bonds. The molecule has 1 aliphatic heterocycles. The summed E-state index contributed by atoms with van der Waals surface area (Å²) in [4.78, 5) is 28.4. The highest BCUT2D eigenvalue weighted by molar-refractivity contribution is 7.10. The highest BCUT2D eigenvalue weighted by Crippen LogP contribution is 2.46. The number of rotatable bonds is 6. The van der Waals surface area contributed by atoms with E-state index in [1.807, 2.05) is 49.6 Å². The summed E-state index contributed by atoms with van der Waals surface area (Å²) in [5, 5.41) is 8.23. The minimum absolute atomic E-state index is 0.0320. The maximum atomic E-state index is 13.8. The van der Waals surface area contributed by atoms with Crippen molar-refractivity contribution in [1.29, 1.82) is 0 Å². The van der Waals surface area contributed by atoms with Crippen LogP contribution in [0.5, 0.6) is 5.75 Å². The number of ether oxygens (including phenoxy) is 1. The van der Waals surface area contributed by atoms with Gasteiger partial charge in [0.15, 0.2) is 5.78 Å². The highest BCUT2D eigenvalue weighted by Gasteiger charge is 2.41. The van der Waals surface area contributed by atoms with Crippen LogP contribution in [0.2, 0.25) is 0 Å². The zero-order valence-corrected chi connectivity index (χ0v) is 21.0. The lowest BCUT2D eigenvalue weighted by molar-refractivity contribution is -0.116. The molecule has 1 aromatic heterocycles. The molecule has 3 aromatic rings. The average molecular weight is 503 g/mol. The number of thiophene rings is 1. The van der Waals surface area contributed by atoms with Gasteiger partial charge in [0.05, 0.1) is 6.61 Å². The van der Waals surface area contributed by atoms with Crippen molar-refractivity contribution < 1.29 is 18.7 Å². The van der Waals surface area contributed by atoms with Gasteiger partial charge in [-0.2, -0.15) is 0 Å². The molecule has 0 radical (unpaired) electrons. The molecule has 0 unspecified atom stereocenters. The SMILES string of the molecule is CCOc1ccc([C@H]2C(C(=O)Nc3cccc(F)c3)=C(C)NC3=C2C(=O)C[C@H](c2cccs2)C3)cc1. The lowest BCUT2D eigenvalue weighted by atomic mass is 9.72. The predicted molar refractivity (Wildman–Crippen MR) is 140 cm³/mol. The third-order valence-corrected chi connectivity index (χ3v) is 7.66. The van der Waals surface area contributed by atoms with E-state index in [2.05, 4.69) is 16.7 Å². The molecular weight excluding hydrogens is 475 g/mol. The molecule has 36 heavy (non-hydrogen) atoms. The van der Waals surface area contributed by atoms with Gasteiger partial charge in [0.1, 0.15) is 11.6 Å². The Morgan fingerprint density at radius 3 is 2.64 bits per heavy atom. The molecule has 1 aliphatic carbocycles. The van der Waals surface area contributed by atoms with E-state index < -0.39 is 11.7 Å². The van der Waals surface area contributed by atoms with Gasteiger partial charge in [0.25, 0.3) is 5.91 Å². The van der Waals surface area contributed by atoms with Gasteiger partial charge >= 0.3 is 0 Å². The molecule has 0 bridgehead atoms. The highest BCUT2D eigenvalue weighted by atomic mass is 32.1. The first-order chi connectivity index (χ1) is 17.4. The van der Waals surface area contributed by atoms with Crippen molar-refractivity contribution in [3.8, 4) is 5.75 Å². The Morgan fingerprint density at radius 2 is 1.94 bits per heavy atom. The van der Waals surface area contributed by atoms with Gasteiger partial charge in [-0.15, -0.1) is 11.3 Å². The van der Waals surface area contributed by atoms with E-state index >= 15 is 0 Å². The van der Waals surface area contributed by atoms with Gasteiger partial charge in [-0.25, -0.2) is 4.39 Å². The topological polar surface area (TPSA) is 67.4 Å². The van der Waals surface area contributed by atoms with Gasteiger partial charge < -0.3 is 15.4 Å². The summed E-state index contributed by atoms with van der Waals surface area (Å²) >= 11 is 1.66. The molecule has 2 aromatic carbocycles. The molecule has 2 atom stereocenters. The number of hydrogen-bond acceptors (Lipinski definition) is 5. The number of ketones is 1. The summed E-state index contributed by atoms with van der Waals surface area (Å²) in [5.41, 5.74) is 3.81. The van der Waals surface area contributed by atoms with Crippen molar-refractivity contribution in [2.45, 2.75) is 38.5 Å². The van der Waals surface area contributed by atoms with E-state index in [9.17, 15) is 14.0 Å². The van der Waals surface area contributed by atoms with Crippen LogP contribution in [0.1, 0.15) is 49.0 Å². The van der Waals surface area contributed by atoms with Crippen molar-refractivity contribution in [2.75, 3.05) is 11.9 Å². The van der Waals surface area contributed by atoms with Crippen LogP contribution < -0.4 is 15.4 Å². The first-order valence-corrected chi connectivity index (χ1v) is 12.9. The summed E-state index contributed by atoms with van der Waals surface area (Å²) in [7, 11) is 0. The van der Waals surface area contributed by atoms with E-state index in [0.29, 0.717) is 42.0 Å². The number of carbonyl (C=O) groups excluding carboxylic acids is 2. The van der Waals surface area contributed by atoms with Gasteiger partial charge in [-0.3, -0.25) is 9.59 Å². The lowest BCUT2D eigenvalue weighted by Gasteiger charge is -2.36. The van der Waals surface area contributed by atoms with Gasteiger partial charge in [-0.05, 0) is 67.6 Å². The fourth-order valence-corrected chi connectivity index (χ4v) is 5.92. The van der Waals surface area contributed by atoms with E-state index in [0.717, 1.165) is 17.0 Å². The normalized spacial score (nSPS) is 19.6. The maximum absolute atomic E-state index is 13.8. The van der Waals surface area contributed by atoms with Crippen LogP contribution in [0.25, 0.3) is 0 Å². The standard InChI is InChI=1S/C29H27FN2O3S/c1-3-35-22-11-9-18(10-12-22)27-26(29(34)32-21-7-4-6-20(30)16-21)17(2)31-23-14-19(15-24(33)28(23)27)25-8-5-13-36-25/h4-13,16,19,27,31H,3,14-15H2,1-2H3,(H,32,34)/t19-,27+/m1/s1. The van der Waals surface area contributed by atoms with Crippen LogP contribution in [0.15, 0.2) is 88.6 Å². The maximum Gasteiger partial charge on any atom is 0.254 e. The molecular formula is C29H27FN2O3S. The van der Waals surface area contributed by atoms with Crippen LogP contribution in [-0.4, -0.2) is 18.3 Å². The van der Waals surface area contributed by atoms with Gasteiger partial charge in [0.2, 0.25) is 0 Å². The Labute approximate surface area is 213 Å². The number of Topliss-reactive ketones (excluding diaryl/α,β-unsaturated/α-hetero) is 1. The predicted octanol–water partition coefficient (Wildman–Crippen LogP) is 6.29. The van der Waals surface area contributed by atoms with Gasteiger partial charge in [0, 0.05) is 51.4 Å². The number of nitrogens with one attached hydrogen (secondary N) is 2. The van der Waals surface area contributed by atoms with Crippen molar-refractivity contribution in [3.05, 3.63) is 105 Å². The number of amides is 1. The van der Waals surface area contributed by atoms with E-state index in [1.54, 1.807) is 23.5 Å². The van der Waals surface area contributed by atoms with E-state index in [1.165, 1.54) is 17.0 Å². The summed E-state index contributed by atoms with van der Waals surface area (Å²) < 4.78 is 19.4. The molecule has 2 aliphatic rings. The Balaban J connectivity index is 1.55. The van der Waals surface area contributed by atoms with E-state index in [4.69, 9.17) is 4.74 Å². The zero-order valence-electron chi connectivity index (χ0n) is 20.1. The second kappa shape index (κ2) is 10.1. The zero-order chi connectivity index (χ0) is 25.2. The Morgan fingerprint density at radius 1 is 1.14 bits per heavy atom. The smallest absolute Gasteiger partial charge is 0.254 e. The largest absolute Gasteiger partial charge is 0.494 e. The van der Waals surface area contributed by atoms with Crippen LogP contribution in [0, 0.1) is 5.82 Å². The number of dihydropyridines is 1. The molecule has 5 nitrogen and oxygen atoms in total. The van der Waals surface area contributed by atoms with Crippen molar-refractivity contribution in [2.24, 2.45) is 0 Å². The number of carbonyl (C=O) groups is 2. The molecule has 2 heterocycles. The molecule has 2 N–H and O–H groups in total. The van der Waals surface area contributed by atoms with Crippen molar-refractivity contribution in [1.82, 2.24) is 5.32 Å². The number of benzene rings is 2. The molecule has 0 saturated carbocycles. The Kier molecular flexibility index (Phi) is 6.74. The van der Waals surface area contributed by atoms with Crippen molar-refractivity contribution in [3.63, 3.8) is 0 Å². The Hall–Kier alpha value is -3.71. The van der Waals surface area contributed by atoms with Crippen LogP contribution in [0.3, 0.4) is 0 Å². The summed E-state index contributed by atoms with van der Waals surface area (Å²) in [6.45, 7) is 4.32. The number of hydrogen-bond donors (Lipinski definition) is 2. The van der Waals surface area contributed by atoms with Crippen LogP contribution in [0.4, 0.5) is 10.1 Å². The first kappa shape index (κ1) is 24.0. The number of halogens is 1. The first-order valence-electron chi connectivity index (χ1n) is 12.0. The summed E-state index contributed by atoms with van der Waals surface area (Å²) in [6.07, 6.45) is 1.09. The number of anilines is 1. The molecule has 7 heteroatoms. The number of allylic oxidation sites excluding steroid dienone is 3. The second-order valence-electron chi connectivity index (χ2n) is 9.00. The van der Waals surface area contributed by atoms with Crippen LogP contribution >= 0.6 is 11.3 Å². The lowest BCUT2D eigenvalue weighted by Crippen LogP contribution is -2.37. The average Bonchev–Trinajstić information content (AvgIpc) is 3.39. The second-order valence-corrected chi connectivity index (χ2v) is 9.98. The molecule has 184 valence electrons. The third kappa shape index (κ3) is 4.71. The fourth-order valence-electron chi connectivity index (χ4n) is 5.09. The van der Waals surface area contributed by atoms with E-state index in [-0.39, 0.29) is 17.6 Å².